The van der Waals surface area contributed by atoms with Crippen LogP contribution >= 0.6 is 0 Å². The maximum absolute atomic E-state index is 11.3. The van der Waals surface area contributed by atoms with Crippen molar-refractivity contribution in [2.24, 2.45) is 5.92 Å². The van der Waals surface area contributed by atoms with Crippen LogP contribution in [-0.4, -0.2) is 43.4 Å². The number of hydrogen-bond donors (Lipinski definition) is 1. The standard InChI is InChI=1S/C14H20N2O5/c1-9(17)10-4-5-15(8-10)11-6-13(20-2)14(21-3)7-12(11)16(18)19/h6-7,9-10,17H,4-5,8H2,1-3H3. The molecule has 0 bridgehead atoms. The van der Waals surface area contributed by atoms with Gasteiger partial charge < -0.3 is 19.5 Å². The van der Waals surface area contributed by atoms with Crippen LogP contribution in [0.15, 0.2) is 12.1 Å². The summed E-state index contributed by atoms with van der Waals surface area (Å²) in [4.78, 5) is 12.8. The molecule has 1 heterocycles. The van der Waals surface area contributed by atoms with E-state index in [2.05, 4.69) is 0 Å². The summed E-state index contributed by atoms with van der Waals surface area (Å²) < 4.78 is 10.3. The lowest BCUT2D eigenvalue weighted by molar-refractivity contribution is -0.384. The van der Waals surface area contributed by atoms with E-state index < -0.39 is 11.0 Å². The first-order valence-electron chi connectivity index (χ1n) is 6.81. The van der Waals surface area contributed by atoms with Gasteiger partial charge in [0.05, 0.1) is 31.3 Å². The van der Waals surface area contributed by atoms with Gasteiger partial charge in [-0.15, -0.1) is 0 Å². The lowest BCUT2D eigenvalue weighted by Crippen LogP contribution is -2.24. The van der Waals surface area contributed by atoms with Gasteiger partial charge in [-0.05, 0) is 13.3 Å². The number of rotatable bonds is 5. The molecule has 116 valence electrons. The van der Waals surface area contributed by atoms with Gasteiger partial charge in [-0.1, -0.05) is 0 Å². The molecule has 0 aromatic heterocycles. The van der Waals surface area contributed by atoms with Crippen molar-refractivity contribution >= 4 is 11.4 Å². The zero-order chi connectivity index (χ0) is 15.6. The molecule has 1 saturated heterocycles. The van der Waals surface area contributed by atoms with Crippen LogP contribution in [0.1, 0.15) is 13.3 Å². The number of nitro groups is 1. The van der Waals surface area contributed by atoms with E-state index in [4.69, 9.17) is 9.47 Å². The number of nitrogens with zero attached hydrogens (tertiary/aromatic N) is 2. The molecule has 0 saturated carbocycles. The highest BCUT2D eigenvalue weighted by molar-refractivity contribution is 5.70. The van der Waals surface area contributed by atoms with Gasteiger partial charge >= 0.3 is 0 Å². The number of ether oxygens (including phenoxy) is 2. The molecule has 1 aromatic carbocycles. The number of hydrogen-bond acceptors (Lipinski definition) is 6. The Balaban J connectivity index is 2.40. The summed E-state index contributed by atoms with van der Waals surface area (Å²) in [7, 11) is 2.94. The van der Waals surface area contributed by atoms with Crippen molar-refractivity contribution in [3.05, 3.63) is 22.2 Å². The molecule has 7 heteroatoms. The van der Waals surface area contributed by atoms with Crippen molar-refractivity contribution in [3.63, 3.8) is 0 Å². The second kappa shape index (κ2) is 6.17. The van der Waals surface area contributed by atoms with Crippen LogP contribution in [0.2, 0.25) is 0 Å². The molecule has 0 spiro atoms. The minimum atomic E-state index is -0.424. The molecule has 1 aliphatic heterocycles. The van der Waals surface area contributed by atoms with E-state index in [1.807, 2.05) is 4.90 Å². The summed E-state index contributed by atoms with van der Waals surface area (Å²) >= 11 is 0. The zero-order valence-corrected chi connectivity index (χ0v) is 12.4. The van der Waals surface area contributed by atoms with E-state index in [0.29, 0.717) is 30.3 Å². The average Bonchev–Trinajstić information content (AvgIpc) is 2.95. The van der Waals surface area contributed by atoms with Crippen molar-refractivity contribution in [1.29, 1.82) is 0 Å². The lowest BCUT2D eigenvalue weighted by Gasteiger charge is -2.21. The molecule has 0 amide bonds. The third kappa shape index (κ3) is 3.02. The van der Waals surface area contributed by atoms with Crippen LogP contribution in [0.4, 0.5) is 11.4 Å². The number of anilines is 1. The first-order valence-corrected chi connectivity index (χ1v) is 6.81. The monoisotopic (exact) mass is 296 g/mol. The van der Waals surface area contributed by atoms with Crippen LogP contribution in [0.3, 0.4) is 0 Å². The molecule has 2 rings (SSSR count). The Labute approximate surface area is 123 Å². The van der Waals surface area contributed by atoms with Crippen molar-refractivity contribution in [1.82, 2.24) is 0 Å². The first-order chi connectivity index (χ1) is 9.97. The molecule has 7 nitrogen and oxygen atoms in total. The third-order valence-electron chi connectivity index (χ3n) is 3.93. The van der Waals surface area contributed by atoms with Crippen molar-refractivity contribution in [2.75, 3.05) is 32.2 Å². The molecule has 1 N–H and O–H groups in total. The van der Waals surface area contributed by atoms with Crippen LogP contribution in [-0.2, 0) is 0 Å². The Hall–Kier alpha value is -2.02. The third-order valence-corrected chi connectivity index (χ3v) is 3.93. The molecule has 2 atom stereocenters. The number of methoxy groups -OCH3 is 2. The van der Waals surface area contributed by atoms with E-state index in [1.54, 1.807) is 13.0 Å². The fourth-order valence-electron chi connectivity index (χ4n) is 2.66. The molecule has 0 aliphatic carbocycles. The highest BCUT2D eigenvalue weighted by Crippen LogP contribution is 2.41. The van der Waals surface area contributed by atoms with Crippen molar-refractivity contribution in [2.45, 2.75) is 19.4 Å². The minimum absolute atomic E-state index is 0.0149. The van der Waals surface area contributed by atoms with Gasteiger partial charge in [0, 0.05) is 25.1 Å². The first kappa shape index (κ1) is 15.4. The normalized spacial score (nSPS) is 19.4. The fraction of sp³-hybridized carbons (Fsp3) is 0.571. The Bertz CT molecular complexity index is 532. The van der Waals surface area contributed by atoms with E-state index in [0.717, 1.165) is 6.42 Å². The number of nitro benzene ring substituents is 1. The Morgan fingerprint density at radius 3 is 2.48 bits per heavy atom. The molecule has 0 radical (unpaired) electrons. The molecule has 1 aliphatic rings. The summed E-state index contributed by atoms with van der Waals surface area (Å²) in [6.07, 6.45) is 0.387. The predicted molar refractivity (Wildman–Crippen MR) is 78.2 cm³/mol. The molecular formula is C14H20N2O5. The molecule has 2 unspecified atom stereocenters. The Morgan fingerprint density at radius 2 is 2.00 bits per heavy atom. The van der Waals surface area contributed by atoms with E-state index in [-0.39, 0.29) is 11.6 Å². The highest BCUT2D eigenvalue weighted by Gasteiger charge is 2.31. The largest absolute Gasteiger partial charge is 0.493 e. The smallest absolute Gasteiger partial charge is 0.296 e. The van der Waals surface area contributed by atoms with Crippen LogP contribution in [0.25, 0.3) is 0 Å². The maximum Gasteiger partial charge on any atom is 0.296 e. The topological polar surface area (TPSA) is 85.1 Å². The van der Waals surface area contributed by atoms with Gasteiger partial charge in [0.1, 0.15) is 5.69 Å². The average molecular weight is 296 g/mol. The summed E-state index contributed by atoms with van der Waals surface area (Å²) in [6, 6.07) is 3.01. The summed E-state index contributed by atoms with van der Waals surface area (Å²) in [5, 5.41) is 21.0. The van der Waals surface area contributed by atoms with E-state index in [9.17, 15) is 15.2 Å². The van der Waals surface area contributed by atoms with Crippen LogP contribution < -0.4 is 14.4 Å². The molecular weight excluding hydrogens is 276 g/mol. The Morgan fingerprint density at radius 1 is 1.38 bits per heavy atom. The summed E-state index contributed by atoms with van der Waals surface area (Å²) in [5.41, 5.74) is 0.486. The maximum atomic E-state index is 11.3. The van der Waals surface area contributed by atoms with Crippen molar-refractivity contribution in [3.8, 4) is 11.5 Å². The summed E-state index contributed by atoms with van der Waals surface area (Å²) in [6.45, 7) is 3.01. The van der Waals surface area contributed by atoms with Gasteiger partial charge in [-0.25, -0.2) is 0 Å². The van der Waals surface area contributed by atoms with Crippen molar-refractivity contribution < 1.29 is 19.5 Å². The second-order valence-electron chi connectivity index (χ2n) is 5.19. The second-order valence-corrected chi connectivity index (χ2v) is 5.19. The number of aliphatic hydroxyl groups is 1. The molecule has 21 heavy (non-hydrogen) atoms. The lowest BCUT2D eigenvalue weighted by atomic mass is 10.0. The highest BCUT2D eigenvalue weighted by atomic mass is 16.6. The van der Waals surface area contributed by atoms with E-state index in [1.165, 1.54) is 20.3 Å². The fourth-order valence-corrected chi connectivity index (χ4v) is 2.66. The summed E-state index contributed by atoms with van der Waals surface area (Å²) in [5.74, 6) is 0.913. The molecule has 1 fully saturated rings. The minimum Gasteiger partial charge on any atom is -0.493 e. The van der Waals surface area contributed by atoms with Gasteiger partial charge in [0.15, 0.2) is 11.5 Å². The predicted octanol–water partition coefficient (Wildman–Crippen LogP) is 1.82. The van der Waals surface area contributed by atoms with Crippen LogP contribution in [0.5, 0.6) is 11.5 Å². The van der Waals surface area contributed by atoms with Gasteiger partial charge in [-0.2, -0.15) is 0 Å². The number of aliphatic hydroxyl groups excluding tert-OH is 1. The van der Waals surface area contributed by atoms with Gasteiger partial charge in [0.25, 0.3) is 5.69 Å². The van der Waals surface area contributed by atoms with E-state index >= 15 is 0 Å². The van der Waals surface area contributed by atoms with Gasteiger partial charge in [-0.3, -0.25) is 10.1 Å². The van der Waals surface area contributed by atoms with Gasteiger partial charge in [0.2, 0.25) is 0 Å². The quantitative estimate of drug-likeness (QED) is 0.659. The van der Waals surface area contributed by atoms with Crippen LogP contribution in [0, 0.1) is 16.0 Å². The number of benzene rings is 1. The Kier molecular flexibility index (Phi) is 4.52. The SMILES string of the molecule is COc1cc(N2CCC(C(C)O)C2)c([N+](=O)[O-])cc1OC. The molecule has 1 aromatic rings. The zero-order valence-electron chi connectivity index (χ0n) is 12.4.